The summed E-state index contributed by atoms with van der Waals surface area (Å²) in [5, 5.41) is 11.2. The molecule has 2 rings (SSSR count). The summed E-state index contributed by atoms with van der Waals surface area (Å²) in [6.07, 6.45) is -3.54. The number of alkyl halides is 3. The minimum atomic E-state index is -4.55. The van der Waals surface area contributed by atoms with Gasteiger partial charge in [0.25, 0.3) is 0 Å². The highest BCUT2D eigenvalue weighted by molar-refractivity contribution is 6.33. The van der Waals surface area contributed by atoms with E-state index in [1.807, 2.05) is 0 Å². The van der Waals surface area contributed by atoms with Crippen LogP contribution in [-0.2, 0) is 12.7 Å². The maximum Gasteiger partial charge on any atom is 0.418 e. The van der Waals surface area contributed by atoms with Crippen LogP contribution >= 0.6 is 11.6 Å². The first kappa shape index (κ1) is 15.2. The zero-order valence-corrected chi connectivity index (χ0v) is 11.1. The van der Waals surface area contributed by atoms with Crippen molar-refractivity contribution in [2.75, 3.05) is 5.32 Å². The average molecular weight is 320 g/mol. The first-order valence-corrected chi connectivity index (χ1v) is 6.07. The number of aromatic carboxylic acids is 1. The van der Waals surface area contributed by atoms with Crippen LogP contribution in [0, 0.1) is 0 Å². The van der Waals surface area contributed by atoms with Gasteiger partial charge in [-0.2, -0.15) is 13.2 Å². The highest BCUT2D eigenvalue weighted by Crippen LogP contribution is 2.38. The zero-order valence-electron chi connectivity index (χ0n) is 10.4. The van der Waals surface area contributed by atoms with Gasteiger partial charge < -0.3 is 14.8 Å². The molecule has 0 bridgehead atoms. The van der Waals surface area contributed by atoms with Crippen LogP contribution in [0.3, 0.4) is 0 Å². The van der Waals surface area contributed by atoms with Crippen LogP contribution < -0.4 is 5.32 Å². The molecule has 0 spiro atoms. The molecule has 1 heterocycles. The molecular weight excluding hydrogens is 311 g/mol. The second-order valence-electron chi connectivity index (χ2n) is 4.12. The molecule has 0 aliphatic carbocycles. The number of para-hydroxylation sites is 1. The van der Waals surface area contributed by atoms with Gasteiger partial charge in [0.15, 0.2) is 0 Å². The van der Waals surface area contributed by atoms with Crippen molar-refractivity contribution in [1.82, 2.24) is 0 Å². The Balaban J connectivity index is 2.21. The molecule has 8 heteroatoms. The van der Waals surface area contributed by atoms with Gasteiger partial charge in [-0.25, -0.2) is 4.79 Å². The molecule has 0 amide bonds. The first-order valence-electron chi connectivity index (χ1n) is 5.69. The van der Waals surface area contributed by atoms with Crippen LogP contribution in [0.15, 0.2) is 34.9 Å². The minimum absolute atomic E-state index is 0.0815. The fourth-order valence-corrected chi connectivity index (χ4v) is 1.94. The molecule has 0 aliphatic heterocycles. The summed E-state index contributed by atoms with van der Waals surface area (Å²) in [6, 6.07) is 4.65. The number of rotatable bonds is 4. The Kier molecular flexibility index (Phi) is 4.13. The summed E-state index contributed by atoms with van der Waals surface area (Å²) in [5.41, 5.74) is -1.26. The van der Waals surface area contributed by atoms with Gasteiger partial charge in [-0.05, 0) is 18.2 Å². The van der Waals surface area contributed by atoms with Gasteiger partial charge in [0.2, 0.25) is 0 Å². The quantitative estimate of drug-likeness (QED) is 0.883. The lowest BCUT2D eigenvalue weighted by atomic mass is 10.1. The third-order valence-corrected chi connectivity index (χ3v) is 2.97. The molecule has 0 saturated carbocycles. The van der Waals surface area contributed by atoms with Crippen molar-refractivity contribution in [1.29, 1.82) is 0 Å². The van der Waals surface area contributed by atoms with Gasteiger partial charge in [0, 0.05) is 0 Å². The molecule has 0 aliphatic rings. The van der Waals surface area contributed by atoms with Gasteiger partial charge in [0.05, 0.1) is 28.4 Å². The topological polar surface area (TPSA) is 62.5 Å². The van der Waals surface area contributed by atoms with E-state index in [1.165, 1.54) is 18.2 Å². The molecule has 4 nitrogen and oxygen atoms in total. The van der Waals surface area contributed by atoms with E-state index in [-0.39, 0.29) is 28.6 Å². The fourth-order valence-electron chi connectivity index (χ4n) is 1.70. The Bertz CT molecular complexity index is 667. The highest BCUT2D eigenvalue weighted by Gasteiger charge is 2.34. The lowest BCUT2D eigenvalue weighted by molar-refractivity contribution is -0.137. The van der Waals surface area contributed by atoms with E-state index in [2.05, 4.69) is 5.32 Å². The molecule has 112 valence electrons. The maximum absolute atomic E-state index is 12.9. The third kappa shape index (κ3) is 3.49. The van der Waals surface area contributed by atoms with Gasteiger partial charge in [-0.1, -0.05) is 17.7 Å². The lowest BCUT2D eigenvalue weighted by Gasteiger charge is -2.15. The Labute approximate surface area is 122 Å². The summed E-state index contributed by atoms with van der Waals surface area (Å²) < 4.78 is 43.5. The predicted octanol–water partition coefficient (Wildman–Crippen LogP) is 4.26. The Morgan fingerprint density at radius 2 is 2.10 bits per heavy atom. The molecular formula is C13H9ClF3NO3. The number of anilines is 1. The highest BCUT2D eigenvalue weighted by atomic mass is 35.5. The number of hydrogen-bond acceptors (Lipinski definition) is 3. The number of nitrogens with one attached hydrogen (secondary N) is 1. The molecule has 1 aromatic heterocycles. The number of furan rings is 1. The molecule has 2 N–H and O–H groups in total. The Morgan fingerprint density at radius 1 is 1.38 bits per heavy atom. The van der Waals surface area contributed by atoms with Crippen molar-refractivity contribution in [2.45, 2.75) is 12.7 Å². The monoisotopic (exact) mass is 319 g/mol. The van der Waals surface area contributed by atoms with Crippen LogP contribution in [0.1, 0.15) is 21.7 Å². The molecule has 0 radical (unpaired) electrons. The Morgan fingerprint density at radius 3 is 2.67 bits per heavy atom. The minimum Gasteiger partial charge on any atom is -0.478 e. The van der Waals surface area contributed by atoms with Gasteiger partial charge >= 0.3 is 12.1 Å². The number of carboxylic acids is 1. The van der Waals surface area contributed by atoms with Crippen molar-refractivity contribution in [2.24, 2.45) is 0 Å². The van der Waals surface area contributed by atoms with E-state index >= 15 is 0 Å². The first-order chi connectivity index (χ1) is 9.79. The van der Waals surface area contributed by atoms with Gasteiger partial charge in [-0.15, -0.1) is 0 Å². The van der Waals surface area contributed by atoms with Gasteiger partial charge in [0.1, 0.15) is 12.0 Å². The maximum atomic E-state index is 12.9. The smallest absolute Gasteiger partial charge is 0.418 e. The molecule has 0 atom stereocenters. The largest absolute Gasteiger partial charge is 0.478 e. The lowest BCUT2D eigenvalue weighted by Crippen LogP contribution is -2.11. The van der Waals surface area contributed by atoms with Crippen LogP contribution in [-0.4, -0.2) is 11.1 Å². The Hall–Kier alpha value is -2.15. The molecule has 0 fully saturated rings. The van der Waals surface area contributed by atoms with Crippen molar-refractivity contribution in [3.63, 3.8) is 0 Å². The summed E-state index contributed by atoms with van der Waals surface area (Å²) in [6.45, 7) is -0.125. The van der Waals surface area contributed by atoms with E-state index in [9.17, 15) is 18.0 Å². The second kappa shape index (κ2) is 5.69. The van der Waals surface area contributed by atoms with E-state index in [4.69, 9.17) is 21.1 Å². The van der Waals surface area contributed by atoms with Gasteiger partial charge in [-0.3, -0.25) is 0 Å². The average Bonchev–Trinajstić information content (AvgIpc) is 2.85. The van der Waals surface area contributed by atoms with Crippen molar-refractivity contribution in [3.05, 3.63) is 52.4 Å². The fraction of sp³-hybridized carbons (Fsp3) is 0.154. The van der Waals surface area contributed by atoms with Crippen molar-refractivity contribution in [3.8, 4) is 0 Å². The standard InChI is InChI=1S/C13H9ClF3NO3/c14-10-3-1-2-9(13(15,16)17)11(10)18-5-8-4-7(6-21-8)12(19)20/h1-4,6,18H,5H2,(H,19,20). The predicted molar refractivity (Wildman–Crippen MR) is 69.4 cm³/mol. The number of carbonyl (C=O) groups is 1. The molecule has 21 heavy (non-hydrogen) atoms. The normalized spacial score (nSPS) is 11.4. The summed E-state index contributed by atoms with van der Waals surface area (Å²) in [5.74, 6) is -1.00. The summed E-state index contributed by atoms with van der Waals surface area (Å²) >= 11 is 5.77. The van der Waals surface area contributed by atoms with E-state index in [0.29, 0.717) is 0 Å². The number of carboxylic acid groups (broad SMARTS) is 1. The van der Waals surface area contributed by atoms with E-state index in [1.54, 1.807) is 0 Å². The second-order valence-corrected chi connectivity index (χ2v) is 4.53. The SMILES string of the molecule is O=C(O)c1coc(CNc2c(Cl)cccc2C(F)(F)F)c1. The van der Waals surface area contributed by atoms with Crippen molar-refractivity contribution < 1.29 is 27.5 Å². The number of halogens is 4. The molecule has 1 aromatic carbocycles. The molecule has 2 aromatic rings. The summed E-state index contributed by atoms with van der Waals surface area (Å²) in [7, 11) is 0. The van der Waals surface area contributed by atoms with E-state index in [0.717, 1.165) is 12.3 Å². The van der Waals surface area contributed by atoms with Crippen LogP contribution in [0.25, 0.3) is 0 Å². The van der Waals surface area contributed by atoms with Crippen LogP contribution in [0.5, 0.6) is 0 Å². The third-order valence-electron chi connectivity index (χ3n) is 2.66. The molecule has 0 unspecified atom stereocenters. The molecule has 0 saturated heterocycles. The van der Waals surface area contributed by atoms with Crippen molar-refractivity contribution >= 4 is 23.3 Å². The van der Waals surface area contributed by atoms with Crippen LogP contribution in [0.2, 0.25) is 5.02 Å². The van der Waals surface area contributed by atoms with Crippen LogP contribution in [0.4, 0.5) is 18.9 Å². The summed E-state index contributed by atoms with van der Waals surface area (Å²) in [4.78, 5) is 10.7. The zero-order chi connectivity index (χ0) is 15.6. The van der Waals surface area contributed by atoms with E-state index < -0.39 is 17.7 Å². The number of hydrogen-bond donors (Lipinski definition) is 2. The number of benzene rings is 1.